The Morgan fingerprint density at radius 2 is 0.424 bits per heavy atom. The highest BCUT2D eigenvalue weighted by Gasteiger charge is 2.15. The Bertz CT molecular complexity index is 403. The lowest BCUT2D eigenvalue weighted by molar-refractivity contribution is 0.494. The minimum atomic E-state index is 1.25. The van der Waals surface area contributed by atoms with Crippen LogP contribution in [0.25, 0.3) is 0 Å². The molecule has 0 aliphatic rings. The zero-order chi connectivity index (χ0) is 23.8. The molecule has 0 amide bonds. The van der Waals surface area contributed by atoms with Gasteiger partial charge in [-0.2, -0.15) is 14.4 Å². The van der Waals surface area contributed by atoms with E-state index in [-0.39, 0.29) is 0 Å². The van der Waals surface area contributed by atoms with Crippen LogP contribution < -0.4 is 0 Å². The molecular formula is C30H63N3. The monoisotopic (exact) mass is 466 g/mol. The van der Waals surface area contributed by atoms with Gasteiger partial charge in [-0.15, -0.1) is 0 Å². The third kappa shape index (κ3) is 17.5. The lowest BCUT2D eigenvalue weighted by Crippen LogP contribution is -1.97. The maximum atomic E-state index is 2.58. The van der Waals surface area contributed by atoms with E-state index in [4.69, 9.17) is 0 Å². The summed E-state index contributed by atoms with van der Waals surface area (Å²) in [6.45, 7) is 10.7. The van der Waals surface area contributed by atoms with Crippen molar-refractivity contribution in [2.45, 2.75) is 195 Å². The van der Waals surface area contributed by atoms with Gasteiger partial charge in [0, 0.05) is 0 Å². The molecule has 0 spiro atoms. The molecule has 0 fully saturated rings. The van der Waals surface area contributed by atoms with Crippen molar-refractivity contribution in [2.24, 2.45) is 0 Å². The van der Waals surface area contributed by atoms with Crippen LogP contribution in [-0.4, -0.2) is 14.4 Å². The zero-order valence-corrected chi connectivity index (χ0v) is 23.4. The van der Waals surface area contributed by atoms with E-state index >= 15 is 0 Å². The molecule has 3 nitrogen and oxygen atoms in total. The normalized spacial score (nSPS) is 11.7. The summed E-state index contributed by atoms with van der Waals surface area (Å²) in [6.07, 6.45) is 34.1. The molecule has 0 radical (unpaired) electrons. The van der Waals surface area contributed by atoms with Crippen LogP contribution in [0, 0.1) is 0 Å². The number of rotatable bonds is 27. The van der Waals surface area contributed by atoms with Gasteiger partial charge < -0.3 is 0 Å². The largest absolute Gasteiger partial charge is 0.194 e. The third-order valence-corrected chi connectivity index (χ3v) is 7.40. The quantitative estimate of drug-likeness (QED) is 0.115. The van der Waals surface area contributed by atoms with Crippen molar-refractivity contribution in [3.63, 3.8) is 0 Å². The molecule has 0 aromatic carbocycles. The van der Waals surface area contributed by atoms with Gasteiger partial charge in [0.25, 0.3) is 0 Å². The summed E-state index contributed by atoms with van der Waals surface area (Å²) < 4.78 is 0. The van der Waals surface area contributed by atoms with E-state index in [1.54, 1.807) is 0 Å². The molecule has 3 heteroatoms. The van der Waals surface area contributed by atoms with Crippen molar-refractivity contribution >= 4 is 0 Å². The van der Waals surface area contributed by atoms with E-state index in [9.17, 15) is 0 Å². The van der Waals surface area contributed by atoms with E-state index < -0.39 is 0 Å². The maximum Gasteiger partial charge on any atom is 0.0598 e. The molecule has 0 saturated carbocycles. The highest BCUT2D eigenvalue weighted by atomic mass is 15.9. The first-order chi connectivity index (χ1) is 16.3. The van der Waals surface area contributed by atoms with Crippen LogP contribution in [0.15, 0.2) is 0 Å². The van der Waals surface area contributed by atoms with E-state index in [2.05, 4.69) is 35.2 Å². The number of hydrogen-bond acceptors (Lipinski definition) is 0. The smallest absolute Gasteiger partial charge is 0.0598 e. The van der Waals surface area contributed by atoms with Crippen molar-refractivity contribution in [3.8, 4) is 0 Å². The minimum absolute atomic E-state index is 1.25. The Balaban J connectivity index is 2.19. The average Bonchev–Trinajstić information content (AvgIpc) is 3.49. The fourth-order valence-corrected chi connectivity index (χ4v) is 5.07. The Kier molecular flexibility index (Phi) is 21.4. The van der Waals surface area contributed by atoms with Crippen LogP contribution in [0.2, 0.25) is 0 Å². The van der Waals surface area contributed by atoms with Gasteiger partial charge in [0.05, 0.1) is 19.6 Å². The number of hydrogen-bond donors (Lipinski definition) is 0. The average molecular weight is 466 g/mol. The van der Waals surface area contributed by atoms with Crippen molar-refractivity contribution in [1.82, 2.24) is 14.4 Å². The summed E-state index contributed by atoms with van der Waals surface area (Å²) in [7, 11) is 0. The van der Waals surface area contributed by atoms with Crippen molar-refractivity contribution in [2.75, 3.05) is 0 Å². The lowest BCUT2D eigenvalue weighted by Gasteiger charge is -2.01. The molecule has 0 N–H and O–H groups in total. The van der Waals surface area contributed by atoms with Gasteiger partial charge in [0.2, 0.25) is 0 Å². The van der Waals surface area contributed by atoms with Gasteiger partial charge >= 0.3 is 0 Å². The Hall–Kier alpha value is -0.600. The fourth-order valence-electron chi connectivity index (χ4n) is 5.07. The molecule has 1 rings (SSSR count). The second kappa shape index (κ2) is 23.2. The molecule has 33 heavy (non-hydrogen) atoms. The van der Waals surface area contributed by atoms with Gasteiger partial charge in [-0.1, -0.05) is 156 Å². The Labute approximate surface area is 209 Å². The predicted octanol–water partition coefficient (Wildman–Crippen LogP) is 10.5. The maximum absolute atomic E-state index is 2.58. The van der Waals surface area contributed by atoms with Crippen LogP contribution in [0.4, 0.5) is 0 Å². The van der Waals surface area contributed by atoms with Crippen LogP contribution in [-0.2, 0) is 19.6 Å². The van der Waals surface area contributed by atoms with Crippen LogP contribution in [0.1, 0.15) is 175 Å². The third-order valence-electron chi connectivity index (χ3n) is 7.40. The van der Waals surface area contributed by atoms with Crippen LogP contribution >= 0.6 is 0 Å². The summed E-state index contributed by atoms with van der Waals surface area (Å²) in [6, 6.07) is 0. The molecular weight excluding hydrogens is 402 g/mol. The number of unbranched alkanes of at least 4 members (excludes halogenated alkanes) is 21. The van der Waals surface area contributed by atoms with E-state index in [1.165, 1.54) is 174 Å². The first kappa shape index (κ1) is 30.4. The number of aromatic nitrogens is 3. The molecule has 1 heterocycles. The summed E-state index contributed by atoms with van der Waals surface area (Å²) >= 11 is 0. The zero-order valence-electron chi connectivity index (χ0n) is 23.4. The van der Waals surface area contributed by atoms with Gasteiger partial charge in [-0.05, 0) is 19.3 Å². The standard InChI is InChI=1S/C30H63N3/c1-4-7-10-13-16-19-22-25-28-31-32(29-26-23-20-17-14-11-8-5-2)33(31)30-27-24-21-18-15-12-9-6-3/h4-30H2,1-3H3. The molecule has 0 atom stereocenters. The van der Waals surface area contributed by atoms with Gasteiger partial charge in [0.1, 0.15) is 0 Å². The predicted molar refractivity (Wildman–Crippen MR) is 148 cm³/mol. The SMILES string of the molecule is CCCCCCCCCCn1n(CCCCCCCCCC)n1CCCCCCCCCC. The number of nitrogens with zero attached hydrogens (tertiary/aromatic N) is 3. The van der Waals surface area contributed by atoms with E-state index in [1.807, 2.05) is 0 Å². The highest BCUT2D eigenvalue weighted by Crippen LogP contribution is 2.15. The second-order valence-corrected chi connectivity index (χ2v) is 10.7. The van der Waals surface area contributed by atoms with Crippen LogP contribution in [0.5, 0.6) is 0 Å². The summed E-state index contributed by atoms with van der Waals surface area (Å²) in [5.74, 6) is 0. The van der Waals surface area contributed by atoms with Crippen molar-refractivity contribution in [3.05, 3.63) is 0 Å². The summed E-state index contributed by atoms with van der Waals surface area (Å²) in [4.78, 5) is 7.75. The summed E-state index contributed by atoms with van der Waals surface area (Å²) in [5.41, 5.74) is 0. The van der Waals surface area contributed by atoms with Crippen molar-refractivity contribution < 1.29 is 0 Å². The van der Waals surface area contributed by atoms with Crippen LogP contribution in [0.3, 0.4) is 0 Å². The Morgan fingerprint density at radius 3 is 0.636 bits per heavy atom. The molecule has 0 unspecified atom stereocenters. The van der Waals surface area contributed by atoms with Gasteiger partial charge in [-0.3, -0.25) is 0 Å². The molecule has 1 aromatic heterocycles. The molecule has 0 bridgehead atoms. The molecule has 0 saturated heterocycles. The van der Waals surface area contributed by atoms with E-state index in [0.29, 0.717) is 0 Å². The summed E-state index contributed by atoms with van der Waals surface area (Å²) in [5, 5.41) is 0. The van der Waals surface area contributed by atoms with Gasteiger partial charge in [0.15, 0.2) is 0 Å². The van der Waals surface area contributed by atoms with E-state index in [0.717, 1.165) is 0 Å². The fraction of sp³-hybridized carbons (Fsp3) is 1.00. The molecule has 1 aromatic rings. The minimum Gasteiger partial charge on any atom is -0.194 e. The lowest BCUT2D eigenvalue weighted by atomic mass is 10.1. The van der Waals surface area contributed by atoms with Crippen molar-refractivity contribution in [1.29, 1.82) is 0 Å². The first-order valence-electron chi connectivity index (χ1n) is 15.7. The molecule has 0 aliphatic heterocycles. The highest BCUT2D eigenvalue weighted by molar-refractivity contribution is 4.60. The van der Waals surface area contributed by atoms with Gasteiger partial charge in [-0.25, -0.2) is 0 Å². The Morgan fingerprint density at radius 1 is 0.242 bits per heavy atom. The first-order valence-corrected chi connectivity index (χ1v) is 15.7. The topological polar surface area (TPSA) is 14.8 Å². The molecule has 0 aliphatic carbocycles. The second-order valence-electron chi connectivity index (χ2n) is 10.7. The molecule has 198 valence electrons.